The topological polar surface area (TPSA) is 72.8 Å². The summed E-state index contributed by atoms with van der Waals surface area (Å²) in [5.74, 6) is -1.39. The number of carboxylic acid groups (broad SMARTS) is 1. The minimum absolute atomic E-state index is 0.0102. The molecule has 1 atom stereocenters. The van der Waals surface area contributed by atoms with E-state index in [1.807, 2.05) is 0 Å². The Kier molecular flexibility index (Phi) is 8.17. The van der Waals surface area contributed by atoms with Gasteiger partial charge in [0.25, 0.3) is 0 Å². The average Bonchev–Trinajstić information content (AvgIpc) is 2.33. The van der Waals surface area contributed by atoms with Crippen molar-refractivity contribution < 1.29 is 23.9 Å². The maximum Gasteiger partial charge on any atom is 0.308 e. The molecule has 0 radical (unpaired) electrons. The van der Waals surface area contributed by atoms with E-state index in [1.165, 1.54) is 7.11 Å². The Morgan fingerprint density at radius 3 is 1.67 bits per heavy atom. The van der Waals surface area contributed by atoms with E-state index in [0.29, 0.717) is 16.6 Å². The van der Waals surface area contributed by atoms with E-state index < -0.39 is 26.4 Å². The molecule has 0 unspecified atom stereocenters. The normalized spacial score (nSPS) is 13.8. The minimum atomic E-state index is -2.21. The van der Waals surface area contributed by atoms with Gasteiger partial charge in [0.15, 0.2) is 0 Å². The predicted molar refractivity (Wildman–Crippen MR) is 84.8 cm³/mol. The lowest BCUT2D eigenvalue weighted by molar-refractivity contribution is -0.144. The second-order valence-corrected chi connectivity index (χ2v) is 11.8. The van der Waals surface area contributed by atoms with Gasteiger partial charge in [-0.25, -0.2) is 0 Å². The molecule has 6 heteroatoms. The van der Waals surface area contributed by atoms with Crippen LogP contribution in [0.4, 0.5) is 0 Å². The average molecular weight is 318 g/mol. The first-order valence-corrected chi connectivity index (χ1v) is 9.68. The van der Waals surface area contributed by atoms with E-state index in [4.69, 9.17) is 9.53 Å². The van der Waals surface area contributed by atoms with Gasteiger partial charge in [0.1, 0.15) is 0 Å². The van der Waals surface area contributed by atoms with Crippen LogP contribution in [0.15, 0.2) is 0 Å². The lowest BCUT2D eigenvalue weighted by Gasteiger charge is -2.44. The van der Waals surface area contributed by atoms with Crippen molar-refractivity contribution in [3.8, 4) is 0 Å². The number of hydrogen-bond donors (Lipinski definition) is 1. The number of ether oxygens (including phenoxy) is 1. The summed E-state index contributed by atoms with van der Waals surface area (Å²) in [6, 6.07) is 0. The Hall–Kier alpha value is -0.883. The van der Waals surface area contributed by atoms with Crippen LogP contribution >= 0.6 is 0 Å². The molecule has 124 valence electrons. The van der Waals surface area contributed by atoms with Gasteiger partial charge in [0.05, 0.1) is 26.1 Å². The number of carboxylic acids is 1. The quantitative estimate of drug-likeness (QED) is 0.519. The molecule has 0 spiro atoms. The van der Waals surface area contributed by atoms with E-state index in [2.05, 4.69) is 46.3 Å². The van der Waals surface area contributed by atoms with Crippen molar-refractivity contribution in [2.45, 2.75) is 77.1 Å². The molecule has 0 aromatic rings. The van der Waals surface area contributed by atoms with Crippen molar-refractivity contribution >= 4 is 20.3 Å². The lowest BCUT2D eigenvalue weighted by atomic mass is 10.2. The van der Waals surface area contributed by atoms with Crippen molar-refractivity contribution in [2.75, 3.05) is 7.11 Å². The van der Waals surface area contributed by atoms with E-state index in [9.17, 15) is 9.59 Å². The number of rotatable bonds is 9. The molecule has 0 aliphatic carbocycles. The highest BCUT2D eigenvalue weighted by Gasteiger charge is 2.47. The van der Waals surface area contributed by atoms with Crippen molar-refractivity contribution in [1.29, 1.82) is 0 Å². The van der Waals surface area contributed by atoms with Crippen molar-refractivity contribution in [3.05, 3.63) is 0 Å². The molecular formula is C15H30O5Si. The molecule has 0 saturated carbocycles. The third-order valence-corrected chi connectivity index (χ3v) is 10.3. The first-order chi connectivity index (χ1) is 9.57. The zero-order valence-electron chi connectivity index (χ0n) is 14.3. The van der Waals surface area contributed by atoms with Crippen LogP contribution in [0.3, 0.4) is 0 Å². The minimum Gasteiger partial charge on any atom is -0.481 e. The zero-order chi connectivity index (χ0) is 16.8. The highest BCUT2D eigenvalue weighted by atomic mass is 28.4. The summed E-state index contributed by atoms with van der Waals surface area (Å²) in [7, 11) is -0.904. The van der Waals surface area contributed by atoms with E-state index >= 15 is 0 Å². The van der Waals surface area contributed by atoms with Crippen molar-refractivity contribution in [1.82, 2.24) is 0 Å². The molecule has 0 bridgehead atoms. The molecule has 0 saturated heterocycles. The Morgan fingerprint density at radius 1 is 0.952 bits per heavy atom. The van der Waals surface area contributed by atoms with Crippen LogP contribution in [0.25, 0.3) is 0 Å². The summed E-state index contributed by atoms with van der Waals surface area (Å²) in [5.41, 5.74) is 1.02. The largest absolute Gasteiger partial charge is 0.481 e. The summed E-state index contributed by atoms with van der Waals surface area (Å²) < 4.78 is 11.0. The van der Waals surface area contributed by atoms with Crippen LogP contribution in [0.1, 0.15) is 54.4 Å². The Bertz CT molecular complexity index is 330. The number of hydrogen-bond acceptors (Lipinski definition) is 4. The monoisotopic (exact) mass is 318 g/mol. The fraction of sp³-hybridized carbons (Fsp3) is 0.867. The highest BCUT2D eigenvalue weighted by molar-refractivity contribution is 6.77. The number of carbonyl (C=O) groups excluding carboxylic acids is 1. The van der Waals surface area contributed by atoms with Crippen LogP contribution in [0.5, 0.6) is 0 Å². The lowest BCUT2D eigenvalue weighted by Crippen LogP contribution is -2.50. The molecule has 0 aromatic heterocycles. The summed E-state index contributed by atoms with van der Waals surface area (Å²) in [6.45, 7) is 12.8. The molecule has 21 heavy (non-hydrogen) atoms. The standard InChI is InChI=1S/C15H30O5Si/c1-10(2)21(11(3)4,12(5)6)20-13(8-14(16)17)9-15(18)19-7/h10-13H,8-9H2,1-7H3,(H,16,17)/t13-/m1/s1. The van der Waals surface area contributed by atoms with Gasteiger partial charge in [0.2, 0.25) is 8.32 Å². The third kappa shape index (κ3) is 5.43. The van der Waals surface area contributed by atoms with E-state index in [0.717, 1.165) is 0 Å². The van der Waals surface area contributed by atoms with Crippen molar-refractivity contribution in [2.24, 2.45) is 0 Å². The fourth-order valence-corrected chi connectivity index (χ4v) is 8.88. The molecule has 0 aromatic carbocycles. The summed E-state index contributed by atoms with van der Waals surface area (Å²) in [4.78, 5) is 22.6. The SMILES string of the molecule is COC(=O)C[C@@H](CC(=O)O)O[Si](C(C)C)(C(C)C)C(C)C. The Balaban J connectivity index is 5.37. The number of aliphatic carboxylic acids is 1. The molecule has 0 aliphatic rings. The van der Waals surface area contributed by atoms with Gasteiger partial charge in [0, 0.05) is 0 Å². The van der Waals surface area contributed by atoms with E-state index in [-0.39, 0.29) is 12.8 Å². The molecule has 0 aliphatic heterocycles. The molecule has 0 heterocycles. The molecule has 0 rings (SSSR count). The fourth-order valence-electron chi connectivity index (χ4n) is 3.32. The molecule has 0 amide bonds. The number of methoxy groups -OCH3 is 1. The number of carbonyl (C=O) groups is 2. The third-order valence-electron chi connectivity index (χ3n) is 4.10. The molecule has 0 fully saturated rings. The second kappa shape index (κ2) is 8.53. The van der Waals surface area contributed by atoms with Crippen LogP contribution in [-0.4, -0.2) is 38.6 Å². The van der Waals surface area contributed by atoms with Gasteiger partial charge in [-0.2, -0.15) is 0 Å². The first-order valence-electron chi connectivity index (χ1n) is 7.54. The van der Waals surface area contributed by atoms with Gasteiger partial charge in [-0.05, 0) is 16.6 Å². The molecule has 5 nitrogen and oxygen atoms in total. The predicted octanol–water partition coefficient (Wildman–Crippen LogP) is 3.58. The molecule has 1 N–H and O–H groups in total. The first kappa shape index (κ1) is 20.1. The van der Waals surface area contributed by atoms with Crippen LogP contribution in [-0.2, 0) is 18.8 Å². The van der Waals surface area contributed by atoms with Gasteiger partial charge in [-0.1, -0.05) is 41.5 Å². The summed E-state index contributed by atoms with van der Waals surface area (Å²) in [6.07, 6.45) is -0.798. The summed E-state index contributed by atoms with van der Waals surface area (Å²) in [5, 5.41) is 9.07. The maximum atomic E-state index is 11.5. The maximum absolute atomic E-state index is 11.5. The Morgan fingerprint density at radius 2 is 1.38 bits per heavy atom. The zero-order valence-corrected chi connectivity index (χ0v) is 15.3. The Labute approximate surface area is 129 Å². The smallest absolute Gasteiger partial charge is 0.308 e. The summed E-state index contributed by atoms with van der Waals surface area (Å²) >= 11 is 0. The van der Waals surface area contributed by atoms with Crippen LogP contribution in [0, 0.1) is 0 Å². The second-order valence-electron chi connectivity index (χ2n) is 6.44. The van der Waals surface area contributed by atoms with Gasteiger partial charge >= 0.3 is 11.9 Å². The van der Waals surface area contributed by atoms with E-state index in [1.54, 1.807) is 0 Å². The van der Waals surface area contributed by atoms with Gasteiger partial charge in [-0.3, -0.25) is 9.59 Å². The van der Waals surface area contributed by atoms with Gasteiger partial charge < -0.3 is 14.3 Å². The van der Waals surface area contributed by atoms with Crippen molar-refractivity contribution in [3.63, 3.8) is 0 Å². The highest BCUT2D eigenvalue weighted by Crippen LogP contribution is 2.43. The van der Waals surface area contributed by atoms with Gasteiger partial charge in [-0.15, -0.1) is 0 Å². The molecular weight excluding hydrogens is 288 g/mol. The number of esters is 1. The van der Waals surface area contributed by atoms with Crippen LogP contribution in [0.2, 0.25) is 16.6 Å². The van der Waals surface area contributed by atoms with Crippen LogP contribution < -0.4 is 0 Å².